The number of morpholine rings is 1. The zero-order chi connectivity index (χ0) is 15.7. The molecule has 0 spiro atoms. The molecule has 1 saturated heterocycles. The number of nitrogens with one attached hydrogen (secondary N) is 1. The second kappa shape index (κ2) is 5.67. The van der Waals surface area contributed by atoms with E-state index < -0.39 is 0 Å². The Morgan fingerprint density at radius 2 is 2.24 bits per heavy atom. The average Bonchev–Trinajstić information content (AvgIpc) is 2.87. The Bertz CT molecular complexity index is 507. The first-order valence-electron chi connectivity index (χ1n) is 7.40. The highest BCUT2D eigenvalue weighted by atomic mass is 16.5. The molecule has 2 rings (SSSR count). The lowest BCUT2D eigenvalue weighted by Crippen LogP contribution is -2.53. The Labute approximate surface area is 125 Å². The predicted octanol–water partition coefficient (Wildman–Crippen LogP) is 3.00. The minimum absolute atomic E-state index is 0.129. The number of ether oxygens (including phenoxy) is 1. The van der Waals surface area contributed by atoms with Gasteiger partial charge in [0.2, 0.25) is 0 Å². The van der Waals surface area contributed by atoms with Crippen molar-refractivity contribution < 1.29 is 14.1 Å². The highest BCUT2D eigenvalue weighted by Gasteiger charge is 2.33. The molecule has 6 heteroatoms. The second-order valence-electron chi connectivity index (χ2n) is 6.83. The molecule has 1 aromatic rings. The van der Waals surface area contributed by atoms with Crippen LogP contribution in [0, 0.1) is 0 Å². The van der Waals surface area contributed by atoms with Crippen LogP contribution < -0.4 is 5.32 Å². The smallest absolute Gasteiger partial charge is 0.323 e. The fraction of sp³-hybridized carbons (Fsp3) is 0.733. The van der Waals surface area contributed by atoms with Crippen molar-refractivity contribution in [3.8, 4) is 0 Å². The number of carbonyl (C=O) groups is 1. The minimum Gasteiger partial charge on any atom is -0.372 e. The lowest BCUT2D eigenvalue weighted by Gasteiger charge is -2.39. The maximum Gasteiger partial charge on any atom is 0.323 e. The Morgan fingerprint density at radius 3 is 2.81 bits per heavy atom. The number of aromatic nitrogens is 1. The van der Waals surface area contributed by atoms with Crippen molar-refractivity contribution in [3.05, 3.63) is 11.8 Å². The number of anilines is 1. The summed E-state index contributed by atoms with van der Waals surface area (Å²) in [6.45, 7) is 11.9. The summed E-state index contributed by atoms with van der Waals surface area (Å²) in [5, 5.41) is 6.70. The zero-order valence-electron chi connectivity index (χ0n) is 13.5. The third-order valence-corrected chi connectivity index (χ3v) is 3.86. The number of amides is 2. The first-order valence-corrected chi connectivity index (χ1v) is 7.40. The van der Waals surface area contributed by atoms with Gasteiger partial charge in [-0.1, -0.05) is 32.9 Å². The molecule has 21 heavy (non-hydrogen) atoms. The predicted molar refractivity (Wildman–Crippen MR) is 80.4 cm³/mol. The van der Waals surface area contributed by atoms with Crippen molar-refractivity contribution in [1.82, 2.24) is 10.1 Å². The molecule has 118 valence electrons. The Balaban J connectivity index is 2.00. The molecule has 1 atom stereocenters. The van der Waals surface area contributed by atoms with Crippen LogP contribution in [0.15, 0.2) is 10.6 Å². The lowest BCUT2D eigenvalue weighted by atomic mass is 9.93. The van der Waals surface area contributed by atoms with E-state index in [0.717, 1.165) is 12.2 Å². The minimum atomic E-state index is -0.268. The molecule has 1 fully saturated rings. The van der Waals surface area contributed by atoms with Gasteiger partial charge in [-0.05, 0) is 13.3 Å². The highest BCUT2D eigenvalue weighted by Crippen LogP contribution is 2.25. The summed E-state index contributed by atoms with van der Waals surface area (Å²) in [5.74, 6) is 1.20. The molecule has 1 aromatic heterocycles. The van der Waals surface area contributed by atoms with Crippen molar-refractivity contribution in [2.24, 2.45) is 0 Å². The largest absolute Gasteiger partial charge is 0.372 e. The van der Waals surface area contributed by atoms with Gasteiger partial charge in [-0.3, -0.25) is 5.32 Å². The summed E-state index contributed by atoms with van der Waals surface area (Å²) in [5.41, 5.74) is -0.397. The molecular formula is C15H25N3O3. The van der Waals surface area contributed by atoms with Gasteiger partial charge in [-0.15, -0.1) is 0 Å². The summed E-state index contributed by atoms with van der Waals surface area (Å²) in [6, 6.07) is 1.61. The van der Waals surface area contributed by atoms with E-state index in [4.69, 9.17) is 9.26 Å². The van der Waals surface area contributed by atoms with E-state index in [0.29, 0.717) is 25.5 Å². The summed E-state index contributed by atoms with van der Waals surface area (Å²) >= 11 is 0. The first-order chi connectivity index (χ1) is 9.73. The molecule has 0 radical (unpaired) electrons. The van der Waals surface area contributed by atoms with Crippen molar-refractivity contribution >= 4 is 11.8 Å². The molecule has 1 N–H and O–H groups in total. The van der Waals surface area contributed by atoms with E-state index in [1.807, 2.05) is 27.7 Å². The molecular weight excluding hydrogens is 270 g/mol. The summed E-state index contributed by atoms with van der Waals surface area (Å²) < 4.78 is 11.0. The van der Waals surface area contributed by atoms with E-state index in [9.17, 15) is 4.79 Å². The Kier molecular flexibility index (Phi) is 4.27. The number of hydrogen-bond acceptors (Lipinski definition) is 4. The van der Waals surface area contributed by atoms with Gasteiger partial charge in [-0.25, -0.2) is 4.79 Å². The maximum absolute atomic E-state index is 12.3. The van der Waals surface area contributed by atoms with Crippen LogP contribution in [0.5, 0.6) is 0 Å². The van der Waals surface area contributed by atoms with Crippen molar-refractivity contribution in [2.45, 2.75) is 52.1 Å². The van der Waals surface area contributed by atoms with E-state index in [-0.39, 0.29) is 17.0 Å². The SMILES string of the molecule is CC[C@@]1(C)CN(C(=O)Nc2cc(C(C)(C)C)on2)CCO1. The summed E-state index contributed by atoms with van der Waals surface area (Å²) in [4.78, 5) is 14.1. The van der Waals surface area contributed by atoms with Crippen LogP contribution in [0.3, 0.4) is 0 Å². The van der Waals surface area contributed by atoms with Gasteiger partial charge in [0.05, 0.1) is 18.8 Å². The molecule has 1 aliphatic heterocycles. The van der Waals surface area contributed by atoms with Gasteiger partial charge in [-0.2, -0.15) is 0 Å². The normalized spacial score (nSPS) is 23.2. The van der Waals surface area contributed by atoms with Gasteiger partial charge in [0.1, 0.15) is 5.76 Å². The number of urea groups is 1. The van der Waals surface area contributed by atoms with Crippen LogP contribution in [0.4, 0.5) is 10.6 Å². The second-order valence-corrected chi connectivity index (χ2v) is 6.83. The van der Waals surface area contributed by atoms with Crippen molar-refractivity contribution in [1.29, 1.82) is 0 Å². The van der Waals surface area contributed by atoms with E-state index >= 15 is 0 Å². The molecule has 2 amide bonds. The molecule has 0 aliphatic carbocycles. The standard InChI is InChI=1S/C15H25N3O3/c1-6-15(5)10-18(7-8-20-15)13(19)16-12-9-11(21-17-12)14(2,3)4/h9H,6-8,10H2,1-5H3,(H,16,17,19)/t15-/m0/s1. The molecule has 0 saturated carbocycles. The van der Waals surface area contributed by atoms with Crippen molar-refractivity contribution in [3.63, 3.8) is 0 Å². The number of nitrogens with zero attached hydrogens (tertiary/aromatic N) is 2. The fourth-order valence-corrected chi connectivity index (χ4v) is 2.19. The van der Waals surface area contributed by atoms with Crippen molar-refractivity contribution in [2.75, 3.05) is 25.0 Å². The Hall–Kier alpha value is -1.56. The molecule has 1 aliphatic rings. The first kappa shape index (κ1) is 15.8. The highest BCUT2D eigenvalue weighted by molar-refractivity contribution is 5.88. The van der Waals surface area contributed by atoms with Crippen LogP contribution in [0.2, 0.25) is 0 Å². The van der Waals surface area contributed by atoms with Crippen LogP contribution in [0.1, 0.15) is 46.8 Å². The van der Waals surface area contributed by atoms with Crippen LogP contribution in [-0.2, 0) is 10.2 Å². The monoisotopic (exact) mass is 295 g/mol. The average molecular weight is 295 g/mol. The van der Waals surface area contributed by atoms with E-state index in [1.54, 1.807) is 11.0 Å². The molecule has 2 heterocycles. The van der Waals surface area contributed by atoms with Gasteiger partial charge in [0.15, 0.2) is 5.82 Å². The topological polar surface area (TPSA) is 67.6 Å². The van der Waals surface area contributed by atoms with Gasteiger partial charge >= 0.3 is 6.03 Å². The third-order valence-electron chi connectivity index (χ3n) is 3.86. The van der Waals surface area contributed by atoms with Crippen LogP contribution in [0.25, 0.3) is 0 Å². The zero-order valence-corrected chi connectivity index (χ0v) is 13.5. The van der Waals surface area contributed by atoms with Gasteiger partial charge < -0.3 is 14.2 Å². The summed E-state index contributed by atoms with van der Waals surface area (Å²) in [6.07, 6.45) is 0.870. The molecule has 0 bridgehead atoms. The number of hydrogen-bond donors (Lipinski definition) is 1. The third kappa shape index (κ3) is 3.75. The molecule has 0 aromatic carbocycles. The van der Waals surface area contributed by atoms with Gasteiger partial charge in [0.25, 0.3) is 0 Å². The fourth-order valence-electron chi connectivity index (χ4n) is 2.19. The molecule has 6 nitrogen and oxygen atoms in total. The van der Waals surface area contributed by atoms with Crippen LogP contribution >= 0.6 is 0 Å². The van der Waals surface area contributed by atoms with Gasteiger partial charge in [0, 0.05) is 18.0 Å². The van der Waals surface area contributed by atoms with E-state index in [1.165, 1.54) is 0 Å². The quantitative estimate of drug-likeness (QED) is 0.910. The Morgan fingerprint density at radius 1 is 1.52 bits per heavy atom. The maximum atomic E-state index is 12.3. The number of carbonyl (C=O) groups excluding carboxylic acids is 1. The number of rotatable bonds is 2. The van der Waals surface area contributed by atoms with E-state index in [2.05, 4.69) is 17.4 Å². The summed E-state index contributed by atoms with van der Waals surface area (Å²) in [7, 11) is 0. The van der Waals surface area contributed by atoms with Crippen LogP contribution in [-0.4, -0.2) is 41.4 Å². The molecule has 0 unspecified atom stereocenters. The lowest BCUT2D eigenvalue weighted by molar-refractivity contribution is -0.0860.